The van der Waals surface area contributed by atoms with E-state index in [0.717, 1.165) is 23.7 Å². The first-order valence-electron chi connectivity index (χ1n) is 6.80. The van der Waals surface area contributed by atoms with Gasteiger partial charge in [-0.2, -0.15) is 0 Å². The van der Waals surface area contributed by atoms with Crippen molar-refractivity contribution >= 4 is 17.5 Å². The second kappa shape index (κ2) is 7.51. The number of likely N-dealkylation sites (N-methyl/N-ethyl adjacent to an activating group) is 1. The Balaban J connectivity index is 2.69. The average molecular weight is 283 g/mol. The van der Waals surface area contributed by atoms with Gasteiger partial charge in [0.15, 0.2) is 0 Å². The van der Waals surface area contributed by atoms with Gasteiger partial charge < -0.3 is 4.90 Å². The van der Waals surface area contributed by atoms with Crippen LogP contribution in [0, 0.1) is 0 Å². The molecule has 0 saturated carbocycles. The Labute approximate surface area is 120 Å². The third-order valence-corrected chi connectivity index (χ3v) is 3.66. The van der Waals surface area contributed by atoms with Gasteiger partial charge in [-0.25, -0.2) is 0 Å². The third-order valence-electron chi connectivity index (χ3n) is 3.32. The summed E-state index contributed by atoms with van der Waals surface area (Å²) in [7, 11) is 0. The summed E-state index contributed by atoms with van der Waals surface area (Å²) in [5, 5.41) is 4.04. The van der Waals surface area contributed by atoms with Crippen molar-refractivity contribution < 1.29 is 4.79 Å². The van der Waals surface area contributed by atoms with Crippen molar-refractivity contribution in [3.8, 4) is 0 Å². The minimum absolute atomic E-state index is 0.0446. The summed E-state index contributed by atoms with van der Waals surface area (Å²) in [6.07, 6.45) is 0. The highest BCUT2D eigenvalue weighted by atomic mass is 35.5. The predicted octanol–water partition coefficient (Wildman–Crippen LogP) is 3.25. The zero-order valence-corrected chi connectivity index (χ0v) is 12.9. The van der Waals surface area contributed by atoms with Gasteiger partial charge >= 0.3 is 0 Å². The smallest absolute Gasteiger partial charge is 0.239 e. The van der Waals surface area contributed by atoms with Gasteiger partial charge in [-0.15, -0.1) is 0 Å². The lowest BCUT2D eigenvalue weighted by molar-refractivity contribution is -0.132. The molecule has 0 radical (unpaired) electrons. The molecule has 1 N–H and O–H groups in total. The fourth-order valence-corrected chi connectivity index (χ4v) is 2.47. The fourth-order valence-electron chi connectivity index (χ4n) is 2.17. The number of halogens is 1. The van der Waals surface area contributed by atoms with E-state index in [9.17, 15) is 4.79 Å². The molecule has 2 unspecified atom stereocenters. The second-order valence-electron chi connectivity index (χ2n) is 4.64. The SMILES string of the molecule is CCN(CC)C(=O)C(C)NC(C)c1ccccc1Cl. The van der Waals surface area contributed by atoms with E-state index in [0.29, 0.717) is 0 Å². The molecule has 0 saturated heterocycles. The summed E-state index contributed by atoms with van der Waals surface area (Å²) >= 11 is 6.16. The number of carbonyl (C=O) groups is 1. The van der Waals surface area contributed by atoms with E-state index in [4.69, 9.17) is 11.6 Å². The van der Waals surface area contributed by atoms with Crippen molar-refractivity contribution in [2.75, 3.05) is 13.1 Å². The largest absolute Gasteiger partial charge is 0.342 e. The molecular weight excluding hydrogens is 260 g/mol. The van der Waals surface area contributed by atoms with Crippen molar-refractivity contribution in [1.29, 1.82) is 0 Å². The zero-order valence-electron chi connectivity index (χ0n) is 12.1. The molecule has 0 aliphatic carbocycles. The van der Waals surface area contributed by atoms with Crippen LogP contribution in [0.2, 0.25) is 5.02 Å². The maximum atomic E-state index is 12.2. The molecule has 1 aromatic rings. The monoisotopic (exact) mass is 282 g/mol. The van der Waals surface area contributed by atoms with E-state index in [2.05, 4.69) is 5.32 Å². The topological polar surface area (TPSA) is 32.3 Å². The van der Waals surface area contributed by atoms with Crippen LogP contribution in [0.15, 0.2) is 24.3 Å². The van der Waals surface area contributed by atoms with Crippen molar-refractivity contribution in [3.05, 3.63) is 34.9 Å². The highest BCUT2D eigenvalue weighted by Crippen LogP contribution is 2.22. The van der Waals surface area contributed by atoms with Crippen LogP contribution in [0.5, 0.6) is 0 Å². The molecule has 0 fully saturated rings. The molecule has 1 aromatic carbocycles. The molecule has 1 rings (SSSR count). The van der Waals surface area contributed by atoms with Crippen LogP contribution in [0.4, 0.5) is 0 Å². The molecule has 0 aliphatic rings. The van der Waals surface area contributed by atoms with E-state index < -0.39 is 0 Å². The highest BCUT2D eigenvalue weighted by molar-refractivity contribution is 6.31. The van der Waals surface area contributed by atoms with Crippen LogP contribution in [0.3, 0.4) is 0 Å². The van der Waals surface area contributed by atoms with Crippen LogP contribution in [-0.4, -0.2) is 29.9 Å². The lowest BCUT2D eigenvalue weighted by Crippen LogP contribution is -2.45. The molecule has 3 nitrogen and oxygen atoms in total. The molecule has 1 amide bonds. The van der Waals surface area contributed by atoms with Gasteiger partial charge in [0.1, 0.15) is 0 Å². The summed E-state index contributed by atoms with van der Waals surface area (Å²) < 4.78 is 0. The number of carbonyl (C=O) groups excluding carboxylic acids is 1. The quantitative estimate of drug-likeness (QED) is 0.869. The van der Waals surface area contributed by atoms with Gasteiger partial charge in [0.2, 0.25) is 5.91 Å². The Morgan fingerprint density at radius 1 is 1.26 bits per heavy atom. The Morgan fingerprint density at radius 2 is 1.84 bits per heavy atom. The lowest BCUT2D eigenvalue weighted by Gasteiger charge is -2.26. The first-order valence-corrected chi connectivity index (χ1v) is 7.18. The number of nitrogens with one attached hydrogen (secondary N) is 1. The van der Waals surface area contributed by atoms with Crippen LogP contribution in [0.1, 0.15) is 39.3 Å². The maximum absolute atomic E-state index is 12.2. The van der Waals surface area contributed by atoms with Gasteiger partial charge in [0, 0.05) is 24.2 Å². The van der Waals surface area contributed by atoms with Crippen LogP contribution < -0.4 is 5.32 Å². The molecular formula is C15H23ClN2O. The van der Waals surface area contributed by atoms with Crippen LogP contribution in [-0.2, 0) is 4.79 Å². The van der Waals surface area contributed by atoms with Gasteiger partial charge in [-0.1, -0.05) is 29.8 Å². The highest BCUT2D eigenvalue weighted by Gasteiger charge is 2.20. The number of rotatable bonds is 6. The van der Waals surface area contributed by atoms with E-state index in [-0.39, 0.29) is 18.0 Å². The first-order chi connectivity index (χ1) is 9.01. The predicted molar refractivity (Wildman–Crippen MR) is 80.4 cm³/mol. The van der Waals surface area contributed by atoms with Gasteiger partial charge in [0.25, 0.3) is 0 Å². The summed E-state index contributed by atoms with van der Waals surface area (Å²) in [5.41, 5.74) is 1.02. The summed E-state index contributed by atoms with van der Waals surface area (Å²) in [6, 6.07) is 7.54. The normalized spacial score (nSPS) is 13.9. The van der Waals surface area contributed by atoms with Crippen LogP contribution >= 0.6 is 11.6 Å². The van der Waals surface area contributed by atoms with Gasteiger partial charge in [0.05, 0.1) is 6.04 Å². The van der Waals surface area contributed by atoms with Gasteiger partial charge in [-0.3, -0.25) is 10.1 Å². The second-order valence-corrected chi connectivity index (χ2v) is 5.05. The molecule has 19 heavy (non-hydrogen) atoms. The first kappa shape index (κ1) is 16.0. The number of amides is 1. The number of benzene rings is 1. The minimum atomic E-state index is -0.217. The maximum Gasteiger partial charge on any atom is 0.239 e. The fraction of sp³-hybridized carbons (Fsp3) is 0.533. The van der Waals surface area contributed by atoms with Crippen molar-refractivity contribution in [2.45, 2.75) is 39.8 Å². The molecule has 0 bridgehead atoms. The zero-order chi connectivity index (χ0) is 14.4. The molecule has 0 spiro atoms. The number of hydrogen-bond acceptors (Lipinski definition) is 2. The van der Waals surface area contributed by atoms with Crippen LogP contribution in [0.25, 0.3) is 0 Å². The molecule has 4 heteroatoms. The van der Waals surface area contributed by atoms with E-state index in [1.54, 1.807) is 0 Å². The lowest BCUT2D eigenvalue weighted by atomic mass is 10.1. The van der Waals surface area contributed by atoms with Crippen molar-refractivity contribution in [1.82, 2.24) is 10.2 Å². The number of nitrogens with zero attached hydrogens (tertiary/aromatic N) is 1. The Hall–Kier alpha value is -1.06. The summed E-state index contributed by atoms with van der Waals surface area (Å²) in [6.45, 7) is 9.38. The Bertz CT molecular complexity index is 418. The van der Waals surface area contributed by atoms with E-state index in [1.807, 2.05) is 56.9 Å². The Kier molecular flexibility index (Phi) is 6.32. The van der Waals surface area contributed by atoms with Crippen molar-refractivity contribution in [2.24, 2.45) is 0 Å². The summed E-state index contributed by atoms with van der Waals surface area (Å²) in [5.74, 6) is 0.129. The Morgan fingerprint density at radius 3 is 2.37 bits per heavy atom. The molecule has 0 aliphatic heterocycles. The minimum Gasteiger partial charge on any atom is -0.342 e. The summed E-state index contributed by atoms with van der Waals surface area (Å²) in [4.78, 5) is 14.0. The third kappa shape index (κ3) is 4.22. The standard InChI is InChI=1S/C15H23ClN2O/c1-5-18(6-2)15(19)12(4)17-11(3)13-9-7-8-10-14(13)16/h7-12,17H,5-6H2,1-4H3. The molecule has 106 valence electrons. The van der Waals surface area contributed by atoms with Crippen molar-refractivity contribution in [3.63, 3.8) is 0 Å². The molecule has 2 atom stereocenters. The van der Waals surface area contributed by atoms with E-state index >= 15 is 0 Å². The van der Waals surface area contributed by atoms with Gasteiger partial charge in [-0.05, 0) is 39.3 Å². The number of hydrogen-bond donors (Lipinski definition) is 1. The molecule has 0 aromatic heterocycles. The molecule has 0 heterocycles. The average Bonchev–Trinajstić information content (AvgIpc) is 2.40. The van der Waals surface area contributed by atoms with E-state index in [1.165, 1.54) is 0 Å².